The minimum Gasteiger partial charge on any atom is -0.242 e. The van der Waals surface area contributed by atoms with Gasteiger partial charge in [0.05, 0.1) is 0 Å². The van der Waals surface area contributed by atoms with Crippen LogP contribution in [0.4, 0.5) is 0 Å². The van der Waals surface area contributed by atoms with Crippen LogP contribution in [0.3, 0.4) is 0 Å². The summed E-state index contributed by atoms with van der Waals surface area (Å²) in [6.45, 7) is 0. The van der Waals surface area contributed by atoms with Gasteiger partial charge in [-0.3, -0.25) is 0 Å². The number of aromatic nitrogens is 4. The molecule has 0 atom stereocenters. The smallest absolute Gasteiger partial charge is 0.242 e. The Morgan fingerprint density at radius 2 is 2.15 bits per heavy atom. The van der Waals surface area contributed by atoms with Gasteiger partial charge in [-0.25, -0.2) is 13.8 Å². The van der Waals surface area contributed by atoms with Crippen LogP contribution in [-0.4, -0.2) is 18.7 Å². The number of hydrogen-bond donors (Lipinski definition) is 0. The number of thiazole rings is 1. The second kappa shape index (κ2) is 2.61. The van der Waals surface area contributed by atoms with Gasteiger partial charge in [0.2, 0.25) is 5.78 Å². The first-order valence-electron chi connectivity index (χ1n) is 3.64. The van der Waals surface area contributed by atoms with Crippen molar-refractivity contribution in [2.24, 2.45) is 0 Å². The molecule has 6 heteroatoms. The Kier molecular flexibility index (Phi) is 1.44. The molecule has 0 fully saturated rings. The topological polar surface area (TPSA) is 43.1 Å². The molecule has 0 aliphatic heterocycles. The van der Waals surface area contributed by atoms with E-state index in [4.69, 9.17) is 0 Å². The lowest BCUT2D eigenvalue weighted by Gasteiger charge is -1.81. The summed E-state index contributed by atoms with van der Waals surface area (Å²) in [5.41, 5.74) is 0. The van der Waals surface area contributed by atoms with Crippen molar-refractivity contribution in [2.45, 2.75) is 0 Å². The molecule has 0 unspecified atom stereocenters. The molecule has 0 spiro atoms. The minimum atomic E-state index is 0.746. The SMILES string of the molecule is c1csc(-c2nc3nccn3s2)n1. The van der Waals surface area contributed by atoms with E-state index < -0.39 is 0 Å². The van der Waals surface area contributed by atoms with Gasteiger partial charge in [-0.1, -0.05) is 0 Å². The Morgan fingerprint density at radius 3 is 2.92 bits per heavy atom. The maximum atomic E-state index is 4.33. The zero-order valence-corrected chi connectivity index (χ0v) is 8.05. The summed E-state index contributed by atoms with van der Waals surface area (Å²) in [7, 11) is 0. The van der Waals surface area contributed by atoms with Crippen molar-refractivity contribution in [3.8, 4) is 10.0 Å². The predicted octanol–water partition coefficient (Wildman–Crippen LogP) is 1.91. The first-order chi connectivity index (χ1) is 6.43. The molecule has 0 saturated carbocycles. The second-order valence-corrected chi connectivity index (χ2v) is 4.26. The van der Waals surface area contributed by atoms with Crippen LogP contribution >= 0.6 is 22.9 Å². The van der Waals surface area contributed by atoms with Crippen LogP contribution in [0, 0.1) is 0 Å². The van der Waals surface area contributed by atoms with E-state index in [-0.39, 0.29) is 0 Å². The van der Waals surface area contributed by atoms with E-state index in [0.717, 1.165) is 15.8 Å². The third-order valence-electron chi connectivity index (χ3n) is 1.59. The molecule has 13 heavy (non-hydrogen) atoms. The molecule has 0 N–H and O–H groups in total. The third-order valence-corrected chi connectivity index (χ3v) is 3.44. The molecule has 3 aromatic heterocycles. The molecule has 0 saturated heterocycles. The largest absolute Gasteiger partial charge is 0.244 e. The van der Waals surface area contributed by atoms with Crippen LogP contribution in [0.25, 0.3) is 15.8 Å². The summed E-state index contributed by atoms with van der Waals surface area (Å²) >= 11 is 3.14. The van der Waals surface area contributed by atoms with Gasteiger partial charge in [-0.05, 0) is 11.5 Å². The minimum absolute atomic E-state index is 0.746. The highest BCUT2D eigenvalue weighted by Crippen LogP contribution is 2.24. The summed E-state index contributed by atoms with van der Waals surface area (Å²) in [6.07, 6.45) is 5.42. The van der Waals surface area contributed by atoms with Crippen LogP contribution < -0.4 is 0 Å². The van der Waals surface area contributed by atoms with Crippen molar-refractivity contribution >= 4 is 28.6 Å². The summed E-state index contributed by atoms with van der Waals surface area (Å²) in [6, 6.07) is 0. The van der Waals surface area contributed by atoms with Crippen LogP contribution in [-0.2, 0) is 0 Å². The fourth-order valence-electron chi connectivity index (χ4n) is 1.05. The summed E-state index contributed by atoms with van der Waals surface area (Å²) in [5, 5.41) is 3.83. The Morgan fingerprint density at radius 1 is 1.15 bits per heavy atom. The monoisotopic (exact) mass is 208 g/mol. The highest BCUT2D eigenvalue weighted by Gasteiger charge is 2.07. The van der Waals surface area contributed by atoms with Crippen LogP contribution in [0.15, 0.2) is 24.0 Å². The quantitative estimate of drug-likeness (QED) is 0.613. The van der Waals surface area contributed by atoms with Gasteiger partial charge in [0.1, 0.15) is 0 Å². The molecular formula is C7H4N4S2. The van der Waals surface area contributed by atoms with Gasteiger partial charge in [-0.2, -0.15) is 4.98 Å². The molecule has 0 radical (unpaired) electrons. The average Bonchev–Trinajstić information content (AvgIpc) is 2.78. The van der Waals surface area contributed by atoms with E-state index in [1.165, 1.54) is 0 Å². The van der Waals surface area contributed by atoms with E-state index >= 15 is 0 Å². The molecule has 3 aromatic rings. The number of imidazole rings is 1. The molecule has 0 amide bonds. The van der Waals surface area contributed by atoms with Gasteiger partial charge in [0.25, 0.3) is 0 Å². The summed E-state index contributed by atoms with van der Waals surface area (Å²) in [5.74, 6) is 0.746. The molecule has 4 nitrogen and oxygen atoms in total. The lowest BCUT2D eigenvalue weighted by Crippen LogP contribution is -1.72. The summed E-state index contributed by atoms with van der Waals surface area (Å²) in [4.78, 5) is 12.6. The normalized spacial score (nSPS) is 11.1. The van der Waals surface area contributed by atoms with E-state index in [0.29, 0.717) is 0 Å². The Hall–Kier alpha value is -1.27. The predicted molar refractivity (Wildman–Crippen MR) is 52.0 cm³/mol. The zero-order valence-electron chi connectivity index (χ0n) is 6.41. The first-order valence-corrected chi connectivity index (χ1v) is 5.29. The lowest BCUT2D eigenvalue weighted by molar-refractivity contribution is 1.27. The van der Waals surface area contributed by atoms with Crippen molar-refractivity contribution in [3.05, 3.63) is 24.0 Å². The van der Waals surface area contributed by atoms with Gasteiger partial charge < -0.3 is 0 Å². The molecular weight excluding hydrogens is 204 g/mol. The Labute approximate surface area is 81.7 Å². The lowest BCUT2D eigenvalue weighted by atomic mass is 10.7. The number of rotatable bonds is 1. The zero-order chi connectivity index (χ0) is 8.67. The fourth-order valence-corrected chi connectivity index (χ4v) is 2.55. The Balaban J connectivity index is 2.23. The average molecular weight is 208 g/mol. The van der Waals surface area contributed by atoms with Gasteiger partial charge in [-0.15, -0.1) is 11.3 Å². The molecule has 3 heterocycles. The van der Waals surface area contributed by atoms with Crippen LogP contribution in [0.2, 0.25) is 0 Å². The van der Waals surface area contributed by atoms with Crippen LogP contribution in [0.1, 0.15) is 0 Å². The summed E-state index contributed by atoms with van der Waals surface area (Å²) < 4.78 is 1.93. The maximum Gasteiger partial charge on any atom is 0.244 e. The number of hydrogen-bond acceptors (Lipinski definition) is 5. The number of fused-ring (bicyclic) bond motifs is 1. The highest BCUT2D eigenvalue weighted by atomic mass is 32.1. The van der Waals surface area contributed by atoms with Gasteiger partial charge >= 0.3 is 0 Å². The first kappa shape index (κ1) is 7.16. The molecule has 64 valence electrons. The standard InChI is InChI=1S/C7H4N4S2/c1-3-11-7(9-1)10-6(13-11)5-8-2-4-12-5/h1-4H. The van der Waals surface area contributed by atoms with E-state index in [2.05, 4.69) is 15.0 Å². The van der Waals surface area contributed by atoms with E-state index in [9.17, 15) is 0 Å². The fraction of sp³-hybridized carbons (Fsp3) is 0. The highest BCUT2D eigenvalue weighted by molar-refractivity contribution is 7.18. The maximum absolute atomic E-state index is 4.33. The van der Waals surface area contributed by atoms with Gasteiger partial charge in [0.15, 0.2) is 10.0 Å². The Bertz CT molecular complexity index is 493. The molecule has 0 aliphatic carbocycles. The third kappa shape index (κ3) is 1.06. The second-order valence-electron chi connectivity index (χ2n) is 2.40. The van der Waals surface area contributed by atoms with Crippen molar-refractivity contribution < 1.29 is 0 Å². The van der Waals surface area contributed by atoms with Crippen LogP contribution in [0.5, 0.6) is 0 Å². The van der Waals surface area contributed by atoms with E-state index in [1.807, 2.05) is 15.4 Å². The molecule has 0 aliphatic rings. The van der Waals surface area contributed by atoms with Crippen molar-refractivity contribution in [3.63, 3.8) is 0 Å². The van der Waals surface area contributed by atoms with Gasteiger partial charge in [0, 0.05) is 24.0 Å². The van der Waals surface area contributed by atoms with Crippen molar-refractivity contribution in [1.82, 2.24) is 18.7 Å². The van der Waals surface area contributed by atoms with E-state index in [1.54, 1.807) is 35.3 Å². The molecule has 3 rings (SSSR count). The number of nitrogens with zero attached hydrogens (tertiary/aromatic N) is 4. The molecule has 0 bridgehead atoms. The molecule has 0 aromatic carbocycles. The van der Waals surface area contributed by atoms with Crippen molar-refractivity contribution in [1.29, 1.82) is 0 Å². The van der Waals surface area contributed by atoms with Crippen molar-refractivity contribution in [2.75, 3.05) is 0 Å².